The van der Waals surface area contributed by atoms with Gasteiger partial charge in [-0.05, 0) is 24.3 Å². The maximum Gasteiger partial charge on any atom is 0.317 e. The first kappa shape index (κ1) is 12.3. The molecular weight excluding hydrogens is 266 g/mol. The summed E-state index contributed by atoms with van der Waals surface area (Å²) in [6, 6.07) is 4.19. The first-order chi connectivity index (χ1) is 9.22. The van der Waals surface area contributed by atoms with Crippen LogP contribution in [0.2, 0.25) is 0 Å². The van der Waals surface area contributed by atoms with Gasteiger partial charge in [0.15, 0.2) is 0 Å². The molecule has 0 radical (unpaired) electrons. The molecule has 1 aliphatic carbocycles. The molecule has 1 N–H and O–H groups in total. The second kappa shape index (κ2) is 5.10. The molecule has 0 amide bonds. The van der Waals surface area contributed by atoms with Crippen molar-refractivity contribution in [3.8, 4) is 10.7 Å². The molecule has 2 aromatic heterocycles. The van der Waals surface area contributed by atoms with Crippen LogP contribution in [0.1, 0.15) is 18.7 Å². The van der Waals surface area contributed by atoms with Crippen molar-refractivity contribution in [2.24, 2.45) is 0 Å². The van der Waals surface area contributed by atoms with Gasteiger partial charge in [0.1, 0.15) is 0 Å². The molecule has 0 bridgehead atoms. The molecule has 0 atom stereocenters. The number of nitrogens with zero attached hydrogens (tertiary/aromatic N) is 3. The second-order valence-corrected chi connectivity index (χ2v) is 5.47. The molecule has 0 unspecified atom stereocenters. The van der Waals surface area contributed by atoms with Gasteiger partial charge in [0.25, 0.3) is 0 Å². The normalized spacial score (nSPS) is 15.0. The molecule has 100 valence electrons. The third kappa shape index (κ3) is 2.99. The van der Waals surface area contributed by atoms with Crippen LogP contribution in [0.3, 0.4) is 0 Å². The van der Waals surface area contributed by atoms with Crippen LogP contribution in [0.4, 0.5) is 0 Å². The van der Waals surface area contributed by atoms with Crippen LogP contribution in [0.15, 0.2) is 22.0 Å². The van der Waals surface area contributed by atoms with E-state index in [0.29, 0.717) is 24.3 Å². The van der Waals surface area contributed by atoms with E-state index in [-0.39, 0.29) is 6.54 Å². The lowest BCUT2D eigenvalue weighted by Crippen LogP contribution is -2.31. The third-order valence-electron chi connectivity index (χ3n) is 2.95. The predicted molar refractivity (Wildman–Crippen MR) is 68.7 cm³/mol. The number of hydrogen-bond donors (Lipinski definition) is 1. The lowest BCUT2D eigenvalue weighted by atomic mass is 10.4. The van der Waals surface area contributed by atoms with Crippen molar-refractivity contribution in [3.63, 3.8) is 0 Å². The van der Waals surface area contributed by atoms with E-state index in [1.807, 2.05) is 22.4 Å². The maximum absolute atomic E-state index is 10.8. The van der Waals surface area contributed by atoms with Gasteiger partial charge in [-0.3, -0.25) is 9.69 Å². The first-order valence-corrected chi connectivity index (χ1v) is 6.92. The van der Waals surface area contributed by atoms with E-state index in [2.05, 4.69) is 10.1 Å². The van der Waals surface area contributed by atoms with Crippen molar-refractivity contribution in [2.75, 3.05) is 6.54 Å². The Balaban J connectivity index is 1.70. The van der Waals surface area contributed by atoms with Crippen LogP contribution >= 0.6 is 11.3 Å². The Bertz CT molecular complexity index is 563. The summed E-state index contributed by atoms with van der Waals surface area (Å²) in [6.45, 7) is 0.413. The zero-order valence-corrected chi connectivity index (χ0v) is 11.0. The molecule has 0 aliphatic heterocycles. The number of hydrogen-bond acceptors (Lipinski definition) is 6. The van der Waals surface area contributed by atoms with Crippen molar-refractivity contribution < 1.29 is 14.4 Å². The fourth-order valence-electron chi connectivity index (χ4n) is 1.93. The highest BCUT2D eigenvalue weighted by Gasteiger charge is 2.31. The SMILES string of the molecule is O=C(O)CN(Cc1nc(-c2cccs2)no1)C1CC1. The van der Waals surface area contributed by atoms with Crippen LogP contribution < -0.4 is 0 Å². The summed E-state index contributed by atoms with van der Waals surface area (Å²) in [5.74, 6) is 0.206. The van der Waals surface area contributed by atoms with Gasteiger partial charge in [0, 0.05) is 6.04 Å². The number of rotatable bonds is 6. The molecule has 2 heterocycles. The van der Waals surface area contributed by atoms with Crippen LogP contribution in [0.5, 0.6) is 0 Å². The quantitative estimate of drug-likeness (QED) is 0.869. The number of aliphatic carboxylic acids is 1. The summed E-state index contributed by atoms with van der Waals surface area (Å²) >= 11 is 1.54. The van der Waals surface area contributed by atoms with Gasteiger partial charge >= 0.3 is 5.97 Å². The molecule has 1 saturated carbocycles. The predicted octanol–water partition coefficient (Wildman–Crippen LogP) is 1.85. The summed E-state index contributed by atoms with van der Waals surface area (Å²) in [4.78, 5) is 17.9. The third-order valence-corrected chi connectivity index (χ3v) is 3.82. The van der Waals surface area contributed by atoms with Crippen LogP contribution in [0, 0.1) is 0 Å². The smallest absolute Gasteiger partial charge is 0.317 e. The molecule has 1 fully saturated rings. The van der Waals surface area contributed by atoms with E-state index < -0.39 is 5.97 Å². The zero-order valence-electron chi connectivity index (χ0n) is 10.2. The van der Waals surface area contributed by atoms with Gasteiger partial charge < -0.3 is 9.63 Å². The van der Waals surface area contributed by atoms with E-state index in [1.165, 1.54) is 0 Å². The Labute approximate surface area is 113 Å². The molecule has 2 aromatic rings. The molecular formula is C12H13N3O3S. The minimum Gasteiger partial charge on any atom is -0.480 e. The fraction of sp³-hybridized carbons (Fsp3) is 0.417. The first-order valence-electron chi connectivity index (χ1n) is 6.04. The summed E-state index contributed by atoms with van der Waals surface area (Å²) in [6.07, 6.45) is 2.08. The number of carboxylic acid groups (broad SMARTS) is 1. The van der Waals surface area contributed by atoms with Crippen molar-refractivity contribution in [2.45, 2.75) is 25.4 Å². The van der Waals surface area contributed by atoms with Crippen LogP contribution in [0.25, 0.3) is 10.7 Å². The van der Waals surface area contributed by atoms with Crippen LogP contribution in [-0.4, -0.2) is 38.7 Å². The molecule has 6 nitrogen and oxygen atoms in total. The van der Waals surface area contributed by atoms with E-state index in [1.54, 1.807) is 11.3 Å². The lowest BCUT2D eigenvalue weighted by Gasteiger charge is -2.16. The maximum atomic E-state index is 10.8. The van der Waals surface area contributed by atoms with Gasteiger partial charge in [-0.1, -0.05) is 11.2 Å². The Morgan fingerprint density at radius 1 is 1.58 bits per heavy atom. The van der Waals surface area contributed by atoms with Gasteiger partial charge in [-0.25, -0.2) is 0 Å². The molecule has 7 heteroatoms. The number of aromatic nitrogens is 2. The fourth-order valence-corrected chi connectivity index (χ4v) is 2.58. The highest BCUT2D eigenvalue weighted by atomic mass is 32.1. The molecule has 19 heavy (non-hydrogen) atoms. The topological polar surface area (TPSA) is 79.5 Å². The van der Waals surface area contributed by atoms with E-state index in [9.17, 15) is 4.79 Å². The van der Waals surface area contributed by atoms with E-state index >= 15 is 0 Å². The van der Waals surface area contributed by atoms with Crippen molar-refractivity contribution in [1.82, 2.24) is 15.0 Å². The molecule has 3 rings (SSSR count). The van der Waals surface area contributed by atoms with Crippen molar-refractivity contribution >= 4 is 17.3 Å². The van der Waals surface area contributed by atoms with Gasteiger partial charge in [-0.15, -0.1) is 11.3 Å². The molecule has 0 spiro atoms. The van der Waals surface area contributed by atoms with Crippen molar-refractivity contribution in [1.29, 1.82) is 0 Å². The summed E-state index contributed by atoms with van der Waals surface area (Å²) in [5.41, 5.74) is 0. The highest BCUT2D eigenvalue weighted by Crippen LogP contribution is 2.28. The molecule has 1 aliphatic rings. The van der Waals surface area contributed by atoms with Gasteiger partial charge in [0.05, 0.1) is 18.0 Å². The second-order valence-electron chi connectivity index (χ2n) is 4.52. The molecule has 0 saturated heterocycles. The summed E-state index contributed by atoms with van der Waals surface area (Å²) in [7, 11) is 0. The van der Waals surface area contributed by atoms with Gasteiger partial charge in [-0.2, -0.15) is 4.98 Å². The Hall–Kier alpha value is -1.73. The monoisotopic (exact) mass is 279 g/mol. The van der Waals surface area contributed by atoms with Crippen molar-refractivity contribution in [3.05, 3.63) is 23.4 Å². The summed E-state index contributed by atoms with van der Waals surface area (Å²) < 4.78 is 5.19. The number of thiophene rings is 1. The number of carbonyl (C=O) groups is 1. The summed E-state index contributed by atoms with van der Waals surface area (Å²) in [5, 5.41) is 14.8. The lowest BCUT2D eigenvalue weighted by molar-refractivity contribution is -0.138. The average Bonchev–Trinajstić information content (AvgIpc) is 2.89. The average molecular weight is 279 g/mol. The van der Waals surface area contributed by atoms with E-state index in [0.717, 1.165) is 17.7 Å². The molecule has 0 aromatic carbocycles. The highest BCUT2D eigenvalue weighted by molar-refractivity contribution is 7.13. The Morgan fingerprint density at radius 3 is 3.05 bits per heavy atom. The zero-order chi connectivity index (χ0) is 13.2. The van der Waals surface area contributed by atoms with E-state index in [4.69, 9.17) is 9.63 Å². The standard InChI is InChI=1S/C12H13N3O3S/c16-11(17)7-15(8-3-4-8)6-10-13-12(14-18-10)9-2-1-5-19-9/h1-2,5,8H,3-4,6-7H2,(H,16,17). The largest absolute Gasteiger partial charge is 0.480 e. The minimum absolute atomic E-state index is 0.0153. The number of carboxylic acids is 1. The van der Waals surface area contributed by atoms with Crippen LogP contribution in [-0.2, 0) is 11.3 Å². The Kier molecular flexibility index (Phi) is 3.31. The van der Waals surface area contributed by atoms with Gasteiger partial charge in [0.2, 0.25) is 11.7 Å². The minimum atomic E-state index is -0.829. The Morgan fingerprint density at radius 2 is 2.42 bits per heavy atom.